The van der Waals surface area contributed by atoms with Crippen molar-refractivity contribution in [3.63, 3.8) is 0 Å². The van der Waals surface area contributed by atoms with Crippen molar-refractivity contribution in [1.29, 1.82) is 0 Å². The van der Waals surface area contributed by atoms with E-state index in [-0.39, 0.29) is 16.9 Å². The van der Waals surface area contributed by atoms with Crippen LogP contribution >= 0.6 is 0 Å². The molecule has 2 N–H and O–H groups in total. The Morgan fingerprint density at radius 2 is 1.53 bits per heavy atom. The van der Waals surface area contributed by atoms with E-state index in [2.05, 4.69) is 0 Å². The summed E-state index contributed by atoms with van der Waals surface area (Å²) in [5.74, 6) is 0.595. The van der Waals surface area contributed by atoms with Gasteiger partial charge in [0, 0.05) is 11.6 Å². The van der Waals surface area contributed by atoms with Crippen molar-refractivity contribution in [2.45, 2.75) is 0 Å². The number of phenolic OH excluding ortho intramolecular Hbond substituents is 2. The lowest BCUT2D eigenvalue weighted by Gasteiger charge is -2.03. The van der Waals surface area contributed by atoms with Crippen molar-refractivity contribution in [2.24, 2.45) is 0 Å². The highest BCUT2D eigenvalue weighted by molar-refractivity contribution is 5.80. The Labute approximate surface area is 108 Å². The molecular weight excluding hydrogens is 244 g/mol. The molecule has 0 aliphatic rings. The van der Waals surface area contributed by atoms with Crippen molar-refractivity contribution in [3.8, 4) is 22.8 Å². The highest BCUT2D eigenvalue weighted by atomic mass is 16.3. The zero-order valence-corrected chi connectivity index (χ0v) is 9.83. The number of hydrogen-bond donors (Lipinski definition) is 2. The number of benzene rings is 2. The van der Waals surface area contributed by atoms with E-state index >= 15 is 0 Å². The second-order valence-corrected chi connectivity index (χ2v) is 4.20. The monoisotopic (exact) mass is 254 g/mol. The Kier molecular flexibility index (Phi) is 2.49. The summed E-state index contributed by atoms with van der Waals surface area (Å²) in [5.41, 5.74) is 0.887. The van der Waals surface area contributed by atoms with Crippen LogP contribution in [0.4, 0.5) is 0 Å². The predicted octanol–water partition coefficient (Wildman–Crippen LogP) is 2.87. The number of fused-ring (bicyclic) bond motifs is 1. The molecule has 0 bridgehead atoms. The molecule has 3 rings (SSSR count). The van der Waals surface area contributed by atoms with E-state index in [4.69, 9.17) is 4.42 Å². The predicted molar refractivity (Wildman–Crippen MR) is 71.2 cm³/mol. The lowest BCUT2D eigenvalue weighted by atomic mass is 10.1. The molecule has 0 fully saturated rings. The lowest BCUT2D eigenvalue weighted by Crippen LogP contribution is -1.99. The van der Waals surface area contributed by atoms with Crippen LogP contribution in [0.3, 0.4) is 0 Å². The molecule has 2 aromatic carbocycles. The minimum absolute atomic E-state index is 0.0252. The summed E-state index contributed by atoms with van der Waals surface area (Å²) in [6, 6.07) is 12.1. The van der Waals surface area contributed by atoms with E-state index in [0.717, 1.165) is 0 Å². The Bertz CT molecular complexity index is 800. The summed E-state index contributed by atoms with van der Waals surface area (Å²) in [6.45, 7) is 0. The average Bonchev–Trinajstić information content (AvgIpc) is 2.40. The summed E-state index contributed by atoms with van der Waals surface area (Å²) in [6.07, 6.45) is 0. The molecule has 1 heterocycles. The molecule has 0 saturated carbocycles. The number of rotatable bonds is 1. The SMILES string of the molecule is O=c1cc(-c2ccc(O)cc2)oc2ccc(O)cc12. The standard InChI is InChI=1S/C15H10O4/c16-10-3-1-9(2-4-10)15-8-13(18)12-7-11(17)5-6-14(12)19-15/h1-8,16-17H. The van der Waals surface area contributed by atoms with Gasteiger partial charge in [-0.2, -0.15) is 0 Å². The summed E-state index contributed by atoms with van der Waals surface area (Å²) < 4.78 is 5.63. The zero-order valence-electron chi connectivity index (χ0n) is 9.83. The third-order valence-corrected chi connectivity index (χ3v) is 2.86. The first-order valence-electron chi connectivity index (χ1n) is 5.70. The third kappa shape index (κ3) is 2.04. The van der Waals surface area contributed by atoms with Gasteiger partial charge >= 0.3 is 0 Å². The van der Waals surface area contributed by atoms with Crippen LogP contribution in [0.2, 0.25) is 0 Å². The normalized spacial score (nSPS) is 10.7. The first-order chi connectivity index (χ1) is 9.13. The molecule has 0 aliphatic heterocycles. The first-order valence-corrected chi connectivity index (χ1v) is 5.70. The molecule has 0 amide bonds. The second-order valence-electron chi connectivity index (χ2n) is 4.20. The minimum Gasteiger partial charge on any atom is -0.508 e. The van der Waals surface area contributed by atoms with Gasteiger partial charge in [0.1, 0.15) is 22.8 Å². The van der Waals surface area contributed by atoms with Gasteiger partial charge < -0.3 is 14.6 Å². The van der Waals surface area contributed by atoms with Gasteiger partial charge in [0.15, 0.2) is 5.43 Å². The highest BCUT2D eigenvalue weighted by Gasteiger charge is 2.07. The van der Waals surface area contributed by atoms with Crippen LogP contribution in [0.25, 0.3) is 22.3 Å². The Morgan fingerprint density at radius 3 is 2.26 bits per heavy atom. The largest absolute Gasteiger partial charge is 0.508 e. The van der Waals surface area contributed by atoms with Crippen molar-refractivity contribution in [2.75, 3.05) is 0 Å². The maximum atomic E-state index is 12.0. The van der Waals surface area contributed by atoms with Gasteiger partial charge in [-0.1, -0.05) is 0 Å². The van der Waals surface area contributed by atoms with E-state index < -0.39 is 0 Å². The van der Waals surface area contributed by atoms with Gasteiger partial charge in [0.05, 0.1) is 5.39 Å². The summed E-state index contributed by atoms with van der Waals surface area (Å²) in [5, 5.41) is 18.9. The third-order valence-electron chi connectivity index (χ3n) is 2.86. The van der Waals surface area contributed by atoms with Crippen LogP contribution in [0.1, 0.15) is 0 Å². The Morgan fingerprint density at radius 1 is 0.842 bits per heavy atom. The summed E-state index contributed by atoms with van der Waals surface area (Å²) in [4.78, 5) is 12.0. The quantitative estimate of drug-likeness (QED) is 0.700. The fourth-order valence-electron chi connectivity index (χ4n) is 1.91. The minimum atomic E-state index is -0.222. The van der Waals surface area contributed by atoms with E-state index in [1.807, 2.05) is 0 Å². The van der Waals surface area contributed by atoms with Gasteiger partial charge in [-0.3, -0.25) is 4.79 Å². The zero-order chi connectivity index (χ0) is 13.4. The van der Waals surface area contributed by atoms with Gasteiger partial charge in [-0.15, -0.1) is 0 Å². The average molecular weight is 254 g/mol. The van der Waals surface area contributed by atoms with Crippen LogP contribution in [-0.2, 0) is 0 Å². The maximum Gasteiger partial charge on any atom is 0.193 e. The van der Waals surface area contributed by atoms with Gasteiger partial charge in [-0.05, 0) is 42.5 Å². The molecule has 0 radical (unpaired) electrons. The number of aromatic hydroxyl groups is 2. The van der Waals surface area contributed by atoms with E-state index in [0.29, 0.717) is 22.3 Å². The van der Waals surface area contributed by atoms with E-state index in [1.54, 1.807) is 18.2 Å². The lowest BCUT2D eigenvalue weighted by molar-refractivity contribution is 0.474. The first kappa shape index (κ1) is 11.3. The van der Waals surface area contributed by atoms with Crippen LogP contribution in [0.5, 0.6) is 11.5 Å². The fraction of sp³-hybridized carbons (Fsp3) is 0. The topological polar surface area (TPSA) is 70.7 Å². The molecule has 0 atom stereocenters. The molecule has 4 nitrogen and oxygen atoms in total. The van der Waals surface area contributed by atoms with E-state index in [9.17, 15) is 15.0 Å². The highest BCUT2D eigenvalue weighted by Crippen LogP contribution is 2.25. The number of hydrogen-bond acceptors (Lipinski definition) is 4. The van der Waals surface area contributed by atoms with Crippen LogP contribution in [0.15, 0.2) is 57.7 Å². The Hall–Kier alpha value is -2.75. The van der Waals surface area contributed by atoms with Gasteiger partial charge in [-0.25, -0.2) is 0 Å². The second kappa shape index (κ2) is 4.17. The molecule has 4 heteroatoms. The molecule has 0 spiro atoms. The van der Waals surface area contributed by atoms with Crippen molar-refractivity contribution < 1.29 is 14.6 Å². The molecule has 0 unspecified atom stereocenters. The van der Waals surface area contributed by atoms with Crippen molar-refractivity contribution in [1.82, 2.24) is 0 Å². The van der Waals surface area contributed by atoms with E-state index in [1.165, 1.54) is 30.3 Å². The van der Waals surface area contributed by atoms with Crippen molar-refractivity contribution in [3.05, 3.63) is 58.8 Å². The molecule has 3 aromatic rings. The smallest absolute Gasteiger partial charge is 0.193 e. The summed E-state index contributed by atoms with van der Waals surface area (Å²) >= 11 is 0. The van der Waals surface area contributed by atoms with Gasteiger partial charge in [0.25, 0.3) is 0 Å². The molecular formula is C15H10O4. The van der Waals surface area contributed by atoms with Crippen LogP contribution in [0, 0.1) is 0 Å². The molecule has 94 valence electrons. The molecule has 1 aromatic heterocycles. The fourth-order valence-corrected chi connectivity index (χ4v) is 1.91. The Balaban J connectivity index is 2.24. The molecule has 0 saturated heterocycles. The van der Waals surface area contributed by atoms with Gasteiger partial charge in [0.2, 0.25) is 0 Å². The van der Waals surface area contributed by atoms with Crippen LogP contribution < -0.4 is 5.43 Å². The van der Waals surface area contributed by atoms with Crippen LogP contribution in [-0.4, -0.2) is 10.2 Å². The number of phenols is 2. The molecule has 0 aliphatic carbocycles. The maximum absolute atomic E-state index is 12.0. The molecule has 19 heavy (non-hydrogen) atoms. The summed E-state index contributed by atoms with van der Waals surface area (Å²) in [7, 11) is 0. The van der Waals surface area contributed by atoms with Crippen molar-refractivity contribution >= 4 is 11.0 Å².